The molecular formula is C21H30N2O4. The van der Waals surface area contributed by atoms with Gasteiger partial charge in [0.15, 0.2) is 0 Å². The van der Waals surface area contributed by atoms with Crippen LogP contribution in [0, 0.1) is 5.92 Å². The van der Waals surface area contributed by atoms with Gasteiger partial charge in [-0.1, -0.05) is 12.1 Å². The van der Waals surface area contributed by atoms with Crippen molar-refractivity contribution >= 4 is 12.1 Å². The maximum atomic E-state index is 12.1. The van der Waals surface area contributed by atoms with Crippen LogP contribution in [0.15, 0.2) is 24.3 Å². The molecule has 6 nitrogen and oxygen atoms in total. The number of amides is 1. The van der Waals surface area contributed by atoms with Gasteiger partial charge in [-0.15, -0.1) is 0 Å². The maximum Gasteiger partial charge on any atom is 0.410 e. The topological polar surface area (TPSA) is 70.1 Å². The molecule has 6 heteroatoms. The van der Waals surface area contributed by atoms with Crippen LogP contribution in [-0.4, -0.2) is 65.3 Å². The van der Waals surface area contributed by atoms with Crippen molar-refractivity contribution < 1.29 is 19.4 Å². The predicted molar refractivity (Wildman–Crippen MR) is 103 cm³/mol. The van der Waals surface area contributed by atoms with Crippen LogP contribution in [-0.2, 0) is 4.74 Å². The van der Waals surface area contributed by atoms with Crippen molar-refractivity contribution in [3.8, 4) is 0 Å². The van der Waals surface area contributed by atoms with Crippen molar-refractivity contribution in [1.29, 1.82) is 0 Å². The highest BCUT2D eigenvalue weighted by Gasteiger charge is 2.33. The summed E-state index contributed by atoms with van der Waals surface area (Å²) in [4.78, 5) is 27.3. The summed E-state index contributed by atoms with van der Waals surface area (Å²) >= 11 is 0. The fourth-order valence-electron chi connectivity index (χ4n) is 3.86. The Morgan fingerprint density at radius 2 is 1.67 bits per heavy atom. The lowest BCUT2D eigenvalue weighted by molar-refractivity contribution is 0.0116. The van der Waals surface area contributed by atoms with Gasteiger partial charge in [-0.25, -0.2) is 9.59 Å². The Labute approximate surface area is 161 Å². The molecule has 0 atom stereocenters. The van der Waals surface area contributed by atoms with Crippen molar-refractivity contribution in [1.82, 2.24) is 9.80 Å². The van der Waals surface area contributed by atoms with Crippen LogP contribution in [0.1, 0.15) is 55.5 Å². The molecule has 2 aliphatic rings. The molecule has 1 aliphatic carbocycles. The largest absolute Gasteiger partial charge is 0.478 e. The molecule has 1 aromatic carbocycles. The number of carboxylic acid groups (broad SMARTS) is 1. The molecule has 1 aromatic rings. The number of carbonyl (C=O) groups is 2. The second-order valence-corrected chi connectivity index (χ2v) is 8.73. The molecule has 3 rings (SSSR count). The summed E-state index contributed by atoms with van der Waals surface area (Å²) < 4.78 is 5.44. The molecule has 1 amide bonds. The molecule has 0 bridgehead atoms. The van der Waals surface area contributed by atoms with E-state index in [0.29, 0.717) is 17.4 Å². The SMILES string of the molecule is CC(C)(C)OC(=O)N1CCN(CC2CC(c3ccc(C(=O)O)cc3)C2)CC1. The average Bonchev–Trinajstić information content (AvgIpc) is 2.57. The van der Waals surface area contributed by atoms with E-state index in [0.717, 1.165) is 45.6 Å². The smallest absolute Gasteiger partial charge is 0.410 e. The van der Waals surface area contributed by atoms with Crippen LogP contribution >= 0.6 is 0 Å². The Hall–Kier alpha value is -2.08. The molecular weight excluding hydrogens is 344 g/mol. The third kappa shape index (κ3) is 5.22. The first-order valence-corrected chi connectivity index (χ1v) is 9.75. The molecule has 1 saturated heterocycles. The van der Waals surface area contributed by atoms with Crippen molar-refractivity contribution in [2.24, 2.45) is 5.92 Å². The van der Waals surface area contributed by atoms with E-state index in [1.165, 1.54) is 5.56 Å². The van der Waals surface area contributed by atoms with Crippen molar-refractivity contribution in [2.45, 2.75) is 45.1 Å². The molecule has 1 saturated carbocycles. The number of hydrogen-bond acceptors (Lipinski definition) is 4. The van der Waals surface area contributed by atoms with Crippen LogP contribution in [0.25, 0.3) is 0 Å². The second kappa shape index (κ2) is 7.89. The molecule has 2 fully saturated rings. The van der Waals surface area contributed by atoms with Crippen molar-refractivity contribution in [3.63, 3.8) is 0 Å². The number of benzene rings is 1. The second-order valence-electron chi connectivity index (χ2n) is 8.73. The number of nitrogens with zero attached hydrogens (tertiary/aromatic N) is 2. The first-order valence-electron chi connectivity index (χ1n) is 9.75. The lowest BCUT2D eigenvalue weighted by Gasteiger charge is -2.42. The van der Waals surface area contributed by atoms with Crippen LogP contribution in [0.4, 0.5) is 4.79 Å². The van der Waals surface area contributed by atoms with Crippen LogP contribution in [0.3, 0.4) is 0 Å². The lowest BCUT2D eigenvalue weighted by atomic mass is 9.71. The summed E-state index contributed by atoms with van der Waals surface area (Å²) in [5, 5.41) is 8.98. The molecule has 27 heavy (non-hydrogen) atoms. The Morgan fingerprint density at radius 3 is 2.19 bits per heavy atom. The zero-order valence-electron chi connectivity index (χ0n) is 16.5. The predicted octanol–water partition coefficient (Wildman–Crippen LogP) is 3.43. The van der Waals surface area contributed by atoms with E-state index in [-0.39, 0.29) is 6.09 Å². The Bertz CT molecular complexity index is 666. The van der Waals surface area contributed by atoms with Crippen LogP contribution < -0.4 is 0 Å². The molecule has 1 aliphatic heterocycles. The minimum Gasteiger partial charge on any atom is -0.478 e. The number of aromatic carboxylic acids is 1. The Kier molecular flexibility index (Phi) is 5.75. The Balaban J connectivity index is 1.39. The molecule has 0 radical (unpaired) electrons. The summed E-state index contributed by atoms with van der Waals surface area (Å²) in [6.07, 6.45) is 2.09. The van der Waals surface area contributed by atoms with Crippen LogP contribution in [0.2, 0.25) is 0 Å². The van der Waals surface area contributed by atoms with Crippen molar-refractivity contribution in [2.75, 3.05) is 32.7 Å². The number of carbonyl (C=O) groups excluding carboxylic acids is 1. The van der Waals surface area contributed by atoms with Gasteiger partial charge in [0.05, 0.1) is 5.56 Å². The molecule has 0 spiro atoms. The first-order chi connectivity index (χ1) is 12.7. The summed E-state index contributed by atoms with van der Waals surface area (Å²) in [6, 6.07) is 7.29. The average molecular weight is 374 g/mol. The number of carboxylic acids is 1. The van der Waals surface area contributed by atoms with Gasteiger partial charge in [-0.3, -0.25) is 4.90 Å². The van der Waals surface area contributed by atoms with E-state index in [9.17, 15) is 9.59 Å². The highest BCUT2D eigenvalue weighted by molar-refractivity contribution is 5.87. The lowest BCUT2D eigenvalue weighted by Crippen LogP contribution is -2.51. The Morgan fingerprint density at radius 1 is 1.07 bits per heavy atom. The summed E-state index contributed by atoms with van der Waals surface area (Å²) in [6.45, 7) is 9.99. The van der Waals surface area contributed by atoms with Crippen LogP contribution in [0.5, 0.6) is 0 Å². The summed E-state index contributed by atoms with van der Waals surface area (Å²) in [7, 11) is 0. The van der Waals surface area contributed by atoms with E-state index < -0.39 is 11.6 Å². The van der Waals surface area contributed by atoms with Gasteiger partial charge in [0.25, 0.3) is 0 Å². The third-order valence-electron chi connectivity index (χ3n) is 5.41. The fraction of sp³-hybridized carbons (Fsp3) is 0.619. The van der Waals surface area contributed by atoms with E-state index >= 15 is 0 Å². The normalized spacial score (nSPS) is 23.6. The van der Waals surface area contributed by atoms with E-state index in [2.05, 4.69) is 4.90 Å². The molecule has 1 heterocycles. The third-order valence-corrected chi connectivity index (χ3v) is 5.41. The molecule has 1 N–H and O–H groups in total. The monoisotopic (exact) mass is 374 g/mol. The highest BCUT2D eigenvalue weighted by atomic mass is 16.6. The quantitative estimate of drug-likeness (QED) is 0.874. The minimum atomic E-state index is -0.876. The highest BCUT2D eigenvalue weighted by Crippen LogP contribution is 2.42. The van der Waals surface area contributed by atoms with Gasteiger partial charge < -0.3 is 14.7 Å². The van der Waals surface area contributed by atoms with Gasteiger partial charge >= 0.3 is 12.1 Å². The maximum absolute atomic E-state index is 12.1. The number of hydrogen-bond donors (Lipinski definition) is 1. The van der Waals surface area contributed by atoms with Gasteiger partial charge in [-0.2, -0.15) is 0 Å². The van der Waals surface area contributed by atoms with Crippen molar-refractivity contribution in [3.05, 3.63) is 35.4 Å². The number of rotatable bonds is 4. The van der Waals surface area contributed by atoms with Gasteiger partial charge in [0, 0.05) is 32.7 Å². The van der Waals surface area contributed by atoms with Gasteiger partial charge in [-0.05, 0) is 63.1 Å². The number of ether oxygens (including phenoxy) is 1. The number of piperazine rings is 1. The van der Waals surface area contributed by atoms with E-state index in [1.54, 1.807) is 17.0 Å². The molecule has 148 valence electrons. The summed E-state index contributed by atoms with van der Waals surface area (Å²) in [5.74, 6) is 0.349. The van der Waals surface area contributed by atoms with E-state index in [4.69, 9.17) is 9.84 Å². The van der Waals surface area contributed by atoms with Gasteiger partial charge in [0.1, 0.15) is 5.60 Å². The molecule has 0 unspecified atom stereocenters. The zero-order valence-corrected chi connectivity index (χ0v) is 16.5. The first kappa shape index (κ1) is 19.7. The molecule has 0 aromatic heterocycles. The van der Waals surface area contributed by atoms with Gasteiger partial charge in [0.2, 0.25) is 0 Å². The summed E-state index contributed by atoms with van der Waals surface area (Å²) in [5.41, 5.74) is 1.14. The zero-order chi connectivity index (χ0) is 19.6. The standard InChI is InChI=1S/C21H30N2O4/c1-21(2,3)27-20(26)23-10-8-22(9-11-23)14-15-12-18(13-15)16-4-6-17(7-5-16)19(24)25/h4-7,15,18H,8-14H2,1-3H3,(H,24,25). The fourth-order valence-corrected chi connectivity index (χ4v) is 3.86. The van der Waals surface area contributed by atoms with E-state index in [1.807, 2.05) is 32.9 Å². The minimum absolute atomic E-state index is 0.212.